The summed E-state index contributed by atoms with van der Waals surface area (Å²) in [6.45, 7) is 8.93. The molecular weight excluding hydrogens is 648 g/mol. The quantitative estimate of drug-likeness (QED) is 0.0353. The van der Waals surface area contributed by atoms with E-state index >= 15 is 0 Å². The van der Waals surface area contributed by atoms with Gasteiger partial charge >= 0.3 is 17.9 Å². The van der Waals surface area contributed by atoms with Crippen LogP contribution in [0.3, 0.4) is 0 Å². The number of carbonyl (C=O) groups is 3. The first kappa shape index (κ1) is 50.4. The number of rotatable bonds is 41. The van der Waals surface area contributed by atoms with E-state index in [9.17, 15) is 14.4 Å². The number of ether oxygens (including phenoxy) is 3. The van der Waals surface area contributed by atoms with Crippen LogP contribution in [-0.2, 0) is 28.6 Å². The van der Waals surface area contributed by atoms with E-state index in [2.05, 4.69) is 27.7 Å². The van der Waals surface area contributed by atoms with Gasteiger partial charge < -0.3 is 14.2 Å². The molecule has 0 aliphatic heterocycles. The van der Waals surface area contributed by atoms with Crippen LogP contribution in [0.2, 0.25) is 0 Å². The first-order valence-corrected chi connectivity index (χ1v) is 22.9. The molecule has 52 heavy (non-hydrogen) atoms. The molecule has 0 aromatic heterocycles. The number of hydrogen-bond acceptors (Lipinski definition) is 6. The fraction of sp³-hybridized carbons (Fsp3) is 0.935. The Labute approximate surface area is 323 Å². The Morgan fingerprint density at radius 2 is 0.635 bits per heavy atom. The highest BCUT2D eigenvalue weighted by atomic mass is 16.6. The molecule has 6 nitrogen and oxygen atoms in total. The number of unbranched alkanes of at least 4 members (excludes halogenated alkanes) is 28. The predicted molar refractivity (Wildman–Crippen MR) is 220 cm³/mol. The Bertz CT molecular complexity index is 781. The van der Waals surface area contributed by atoms with E-state index in [0.29, 0.717) is 19.3 Å². The molecule has 0 spiro atoms. The summed E-state index contributed by atoms with van der Waals surface area (Å²) in [7, 11) is 0. The minimum absolute atomic E-state index is 0.0646. The molecule has 0 rings (SSSR count). The Balaban J connectivity index is 4.12. The first-order chi connectivity index (χ1) is 25.4. The maximum absolute atomic E-state index is 12.6. The monoisotopic (exact) mass is 737 g/mol. The molecule has 308 valence electrons. The fourth-order valence-corrected chi connectivity index (χ4v) is 6.80. The molecule has 0 aliphatic carbocycles. The van der Waals surface area contributed by atoms with E-state index in [0.717, 1.165) is 70.1 Å². The topological polar surface area (TPSA) is 78.9 Å². The van der Waals surface area contributed by atoms with Crippen molar-refractivity contribution in [3.63, 3.8) is 0 Å². The van der Waals surface area contributed by atoms with Gasteiger partial charge in [-0.25, -0.2) is 0 Å². The van der Waals surface area contributed by atoms with Crippen molar-refractivity contribution < 1.29 is 28.6 Å². The van der Waals surface area contributed by atoms with Crippen LogP contribution in [0, 0.1) is 5.92 Å². The SMILES string of the molecule is CCCCCCCCCCCCCC(=O)O[C@@H](COC(=O)CCCCCCC)COC(=O)CCCCCCCCCCCCCCCCCC(C)C. The first-order valence-electron chi connectivity index (χ1n) is 22.9. The maximum Gasteiger partial charge on any atom is 0.306 e. The molecule has 1 atom stereocenters. The third kappa shape index (κ3) is 39.6. The molecular formula is C46H88O6. The van der Waals surface area contributed by atoms with Gasteiger partial charge in [0.2, 0.25) is 0 Å². The lowest BCUT2D eigenvalue weighted by atomic mass is 10.0. The molecule has 0 bridgehead atoms. The van der Waals surface area contributed by atoms with Crippen LogP contribution >= 0.6 is 0 Å². The normalized spacial score (nSPS) is 11.9. The molecule has 0 aliphatic rings. The second-order valence-corrected chi connectivity index (χ2v) is 16.2. The van der Waals surface area contributed by atoms with E-state index in [1.54, 1.807) is 0 Å². The van der Waals surface area contributed by atoms with Crippen LogP contribution in [0.5, 0.6) is 0 Å². The zero-order chi connectivity index (χ0) is 38.2. The summed E-state index contributed by atoms with van der Waals surface area (Å²) in [5, 5.41) is 0. The van der Waals surface area contributed by atoms with Crippen molar-refractivity contribution >= 4 is 17.9 Å². The molecule has 0 N–H and O–H groups in total. The Morgan fingerprint density at radius 1 is 0.365 bits per heavy atom. The third-order valence-electron chi connectivity index (χ3n) is 10.3. The molecule has 0 radical (unpaired) electrons. The van der Waals surface area contributed by atoms with Crippen LogP contribution in [0.4, 0.5) is 0 Å². The molecule has 0 amide bonds. The Kier molecular flexibility index (Phi) is 39.4. The van der Waals surface area contributed by atoms with Gasteiger partial charge in [0.05, 0.1) is 0 Å². The van der Waals surface area contributed by atoms with E-state index in [1.807, 2.05) is 0 Å². The van der Waals surface area contributed by atoms with Crippen LogP contribution in [0.15, 0.2) is 0 Å². The maximum atomic E-state index is 12.6. The third-order valence-corrected chi connectivity index (χ3v) is 10.3. The summed E-state index contributed by atoms with van der Waals surface area (Å²) < 4.78 is 16.6. The second-order valence-electron chi connectivity index (χ2n) is 16.2. The van der Waals surface area contributed by atoms with E-state index < -0.39 is 6.10 Å². The molecule has 0 heterocycles. The van der Waals surface area contributed by atoms with E-state index in [1.165, 1.54) is 141 Å². The van der Waals surface area contributed by atoms with Gasteiger partial charge in [-0.2, -0.15) is 0 Å². The number of hydrogen-bond donors (Lipinski definition) is 0. The second kappa shape index (κ2) is 40.6. The molecule has 0 aromatic rings. The van der Waals surface area contributed by atoms with Gasteiger partial charge in [-0.1, -0.05) is 214 Å². The van der Waals surface area contributed by atoms with Crippen molar-refractivity contribution in [2.24, 2.45) is 5.92 Å². The van der Waals surface area contributed by atoms with Crippen LogP contribution in [0.1, 0.15) is 252 Å². The molecule has 0 fully saturated rings. The smallest absolute Gasteiger partial charge is 0.306 e. The highest BCUT2D eigenvalue weighted by molar-refractivity contribution is 5.71. The lowest BCUT2D eigenvalue weighted by Gasteiger charge is -2.18. The summed E-state index contributed by atoms with van der Waals surface area (Å²) >= 11 is 0. The lowest BCUT2D eigenvalue weighted by molar-refractivity contribution is -0.167. The zero-order valence-electron chi connectivity index (χ0n) is 35.3. The van der Waals surface area contributed by atoms with Crippen molar-refractivity contribution in [1.82, 2.24) is 0 Å². The zero-order valence-corrected chi connectivity index (χ0v) is 35.3. The molecule has 0 saturated heterocycles. The minimum Gasteiger partial charge on any atom is -0.462 e. The van der Waals surface area contributed by atoms with E-state index in [-0.39, 0.29) is 31.1 Å². The lowest BCUT2D eigenvalue weighted by Crippen LogP contribution is -2.30. The van der Waals surface area contributed by atoms with Crippen LogP contribution < -0.4 is 0 Å². The van der Waals surface area contributed by atoms with Gasteiger partial charge in [0.1, 0.15) is 13.2 Å². The van der Waals surface area contributed by atoms with Crippen molar-refractivity contribution in [2.45, 2.75) is 259 Å². The molecule has 0 unspecified atom stereocenters. The molecule has 6 heteroatoms. The Morgan fingerprint density at radius 3 is 0.942 bits per heavy atom. The van der Waals surface area contributed by atoms with Crippen molar-refractivity contribution in [3.05, 3.63) is 0 Å². The standard InChI is InChI=1S/C46H88O6/c1-5-7-9-11-12-13-19-24-27-31-35-39-46(49)52-43(40-50-44(47)37-33-28-10-8-6-2)41-51-45(48)38-34-30-26-23-21-18-16-14-15-17-20-22-25-29-32-36-42(3)4/h42-43H,5-41H2,1-4H3/t43-/m0/s1. The summed E-state index contributed by atoms with van der Waals surface area (Å²) in [6.07, 6.45) is 39.7. The average Bonchev–Trinajstić information content (AvgIpc) is 3.12. The highest BCUT2D eigenvalue weighted by Crippen LogP contribution is 2.16. The van der Waals surface area contributed by atoms with E-state index in [4.69, 9.17) is 14.2 Å². The van der Waals surface area contributed by atoms with Crippen molar-refractivity contribution in [3.8, 4) is 0 Å². The summed E-state index contributed by atoms with van der Waals surface area (Å²) in [6, 6.07) is 0. The van der Waals surface area contributed by atoms with Crippen LogP contribution in [-0.4, -0.2) is 37.2 Å². The predicted octanol–water partition coefficient (Wildman–Crippen LogP) is 14.3. The molecule has 0 saturated carbocycles. The van der Waals surface area contributed by atoms with Crippen LogP contribution in [0.25, 0.3) is 0 Å². The average molecular weight is 737 g/mol. The largest absolute Gasteiger partial charge is 0.462 e. The van der Waals surface area contributed by atoms with Gasteiger partial charge in [-0.3, -0.25) is 14.4 Å². The van der Waals surface area contributed by atoms with Gasteiger partial charge in [-0.15, -0.1) is 0 Å². The van der Waals surface area contributed by atoms with Gasteiger partial charge in [0, 0.05) is 19.3 Å². The van der Waals surface area contributed by atoms with Gasteiger partial charge in [0.15, 0.2) is 6.10 Å². The summed E-state index contributed by atoms with van der Waals surface area (Å²) in [5.41, 5.74) is 0. The van der Waals surface area contributed by atoms with Crippen molar-refractivity contribution in [2.75, 3.05) is 13.2 Å². The summed E-state index contributed by atoms with van der Waals surface area (Å²) in [4.78, 5) is 37.4. The summed E-state index contributed by atoms with van der Waals surface area (Å²) in [5.74, 6) is -0.0191. The number of carbonyl (C=O) groups excluding carboxylic acids is 3. The van der Waals surface area contributed by atoms with Gasteiger partial charge in [0.25, 0.3) is 0 Å². The number of esters is 3. The fourth-order valence-electron chi connectivity index (χ4n) is 6.80. The highest BCUT2D eigenvalue weighted by Gasteiger charge is 2.19. The minimum atomic E-state index is -0.757. The Hall–Kier alpha value is -1.59. The molecule has 0 aromatic carbocycles. The van der Waals surface area contributed by atoms with Gasteiger partial charge in [-0.05, 0) is 25.2 Å². The van der Waals surface area contributed by atoms with Crippen molar-refractivity contribution in [1.29, 1.82) is 0 Å².